The van der Waals surface area contributed by atoms with E-state index in [-0.39, 0.29) is 18.6 Å². The van der Waals surface area contributed by atoms with Crippen LogP contribution in [0.15, 0.2) is 66.0 Å². The number of methoxy groups -OCH3 is 1. The lowest BCUT2D eigenvalue weighted by atomic mass is 9.95. The van der Waals surface area contributed by atoms with Crippen LogP contribution in [0.25, 0.3) is 0 Å². The van der Waals surface area contributed by atoms with E-state index in [1.807, 2.05) is 29.6 Å². The highest BCUT2D eigenvalue weighted by atomic mass is 32.1. The number of carbonyl (C=O) groups excluding carboxylic acids is 3. The molecule has 0 saturated heterocycles. The molecule has 0 spiro atoms. The van der Waals surface area contributed by atoms with Crippen LogP contribution in [0.2, 0.25) is 0 Å². The Morgan fingerprint density at radius 1 is 0.974 bits per heavy atom. The van der Waals surface area contributed by atoms with Crippen LogP contribution in [0.1, 0.15) is 53.4 Å². The summed E-state index contributed by atoms with van der Waals surface area (Å²) in [4.78, 5) is 42.3. The molecule has 2 aromatic carbocycles. The van der Waals surface area contributed by atoms with Crippen LogP contribution in [0.5, 0.6) is 11.5 Å². The van der Waals surface area contributed by atoms with Gasteiger partial charge in [0.1, 0.15) is 12.6 Å². The Kier molecular flexibility index (Phi) is 7.93. The molecule has 1 aliphatic carbocycles. The lowest BCUT2D eigenvalue weighted by Gasteiger charge is -2.35. The van der Waals surface area contributed by atoms with Crippen molar-refractivity contribution in [2.24, 2.45) is 0 Å². The number of nitrogens with one attached hydrogen (secondary N) is 1. The first-order chi connectivity index (χ1) is 18.5. The topological polar surface area (TPSA) is 94.2 Å². The summed E-state index contributed by atoms with van der Waals surface area (Å²) in [7, 11) is 1.31. The predicted octanol–water partition coefficient (Wildman–Crippen LogP) is 4.90. The third kappa shape index (κ3) is 5.52. The van der Waals surface area contributed by atoms with Crippen LogP contribution in [0.4, 0.5) is 5.69 Å². The van der Waals surface area contributed by atoms with Crippen molar-refractivity contribution in [3.8, 4) is 11.5 Å². The van der Waals surface area contributed by atoms with Crippen LogP contribution in [0.3, 0.4) is 0 Å². The van der Waals surface area contributed by atoms with Gasteiger partial charge in [0.15, 0.2) is 11.5 Å². The van der Waals surface area contributed by atoms with E-state index in [2.05, 4.69) is 5.32 Å². The monoisotopic (exact) mass is 534 g/mol. The molecule has 2 amide bonds. The zero-order valence-corrected chi connectivity index (χ0v) is 21.9. The quantitative estimate of drug-likeness (QED) is 0.434. The number of esters is 1. The molecule has 5 rings (SSSR count). The Morgan fingerprint density at radius 2 is 1.71 bits per heavy atom. The molecule has 1 aliphatic heterocycles. The van der Waals surface area contributed by atoms with Gasteiger partial charge in [-0.05, 0) is 60.7 Å². The molecule has 0 bridgehead atoms. The van der Waals surface area contributed by atoms with E-state index in [4.69, 9.17) is 14.2 Å². The second-order valence-electron chi connectivity index (χ2n) is 9.37. The van der Waals surface area contributed by atoms with Crippen LogP contribution in [-0.4, -0.2) is 43.6 Å². The number of benzene rings is 2. The molecule has 0 radical (unpaired) electrons. The smallest absolute Gasteiger partial charge is 0.337 e. The number of hydrogen-bond donors (Lipinski definition) is 1. The molecule has 2 atom stereocenters. The van der Waals surface area contributed by atoms with Crippen molar-refractivity contribution < 1.29 is 28.6 Å². The van der Waals surface area contributed by atoms with Gasteiger partial charge in [0.2, 0.25) is 12.0 Å². The van der Waals surface area contributed by atoms with E-state index in [9.17, 15) is 14.4 Å². The first-order valence-electron chi connectivity index (χ1n) is 12.8. The van der Waals surface area contributed by atoms with E-state index in [0.29, 0.717) is 22.7 Å². The van der Waals surface area contributed by atoms with Gasteiger partial charge in [0.25, 0.3) is 5.91 Å². The van der Waals surface area contributed by atoms with E-state index < -0.39 is 24.0 Å². The predicted molar refractivity (Wildman–Crippen MR) is 144 cm³/mol. The van der Waals surface area contributed by atoms with Crippen LogP contribution < -0.4 is 19.7 Å². The van der Waals surface area contributed by atoms with Crippen LogP contribution in [0, 0.1) is 0 Å². The average Bonchev–Trinajstić information content (AvgIpc) is 3.50. The van der Waals surface area contributed by atoms with Gasteiger partial charge in [0, 0.05) is 16.6 Å². The van der Waals surface area contributed by atoms with Gasteiger partial charge in [-0.2, -0.15) is 0 Å². The molecule has 2 heterocycles. The standard InChI is InChI=1S/C29H30N2O6S/c1-35-29(34)19-13-15-21(16-14-19)31(28(33)24-18-36-22-10-5-6-11-23(22)37-24)26(25-12-7-17-38-25)27(32)30-20-8-3-2-4-9-20/h5-7,10-17,20,24,26H,2-4,8-9,18H2,1H3,(H,30,32)/t24-,26-/m1/s1. The Hall–Kier alpha value is -3.85. The molecule has 38 heavy (non-hydrogen) atoms. The Balaban J connectivity index is 1.52. The normalized spacial score (nSPS) is 17.8. The second kappa shape index (κ2) is 11.7. The molecule has 198 valence electrons. The summed E-state index contributed by atoms with van der Waals surface area (Å²) in [6.07, 6.45) is 4.17. The van der Waals surface area contributed by atoms with Crippen LogP contribution in [-0.2, 0) is 14.3 Å². The highest BCUT2D eigenvalue weighted by molar-refractivity contribution is 7.10. The highest BCUT2D eigenvalue weighted by Crippen LogP contribution is 2.35. The number of nitrogens with zero attached hydrogens (tertiary/aromatic N) is 1. The summed E-state index contributed by atoms with van der Waals surface area (Å²) in [6, 6.07) is 16.5. The largest absolute Gasteiger partial charge is 0.485 e. The molecule has 0 unspecified atom stereocenters. The number of fused-ring (bicyclic) bond motifs is 1. The fraction of sp³-hybridized carbons (Fsp3) is 0.345. The van der Waals surface area contributed by atoms with Gasteiger partial charge in [-0.3, -0.25) is 14.5 Å². The minimum Gasteiger partial charge on any atom is -0.485 e. The van der Waals surface area contributed by atoms with E-state index >= 15 is 0 Å². The zero-order chi connectivity index (χ0) is 26.5. The summed E-state index contributed by atoms with van der Waals surface area (Å²) in [5, 5.41) is 5.08. The summed E-state index contributed by atoms with van der Waals surface area (Å²) in [5.74, 6) is -0.114. The third-order valence-corrected chi connectivity index (χ3v) is 7.78. The van der Waals surface area contributed by atoms with E-state index in [1.165, 1.54) is 29.8 Å². The SMILES string of the molecule is COC(=O)c1ccc(N(C(=O)[C@H]2COc3ccccc3O2)[C@@H](C(=O)NC2CCCCC2)c2cccs2)cc1. The fourth-order valence-corrected chi connectivity index (χ4v) is 5.74. The van der Waals surface area contributed by atoms with Crippen molar-refractivity contribution in [2.45, 2.75) is 50.3 Å². The number of para-hydroxylation sites is 2. The number of hydrogen-bond acceptors (Lipinski definition) is 7. The van der Waals surface area contributed by atoms with Crippen LogP contribution >= 0.6 is 11.3 Å². The molecular formula is C29H30N2O6S. The first kappa shape index (κ1) is 25.8. The van der Waals surface area contributed by atoms with Crippen molar-refractivity contribution in [3.05, 3.63) is 76.5 Å². The lowest BCUT2D eigenvalue weighted by Crippen LogP contribution is -2.52. The highest BCUT2D eigenvalue weighted by Gasteiger charge is 2.40. The van der Waals surface area contributed by atoms with Gasteiger partial charge in [-0.1, -0.05) is 37.5 Å². The molecule has 1 aromatic heterocycles. The molecule has 1 fully saturated rings. The average molecular weight is 535 g/mol. The van der Waals surface area contributed by atoms with Gasteiger partial charge in [-0.15, -0.1) is 11.3 Å². The van der Waals surface area contributed by atoms with Crippen molar-refractivity contribution in [2.75, 3.05) is 18.6 Å². The number of anilines is 1. The van der Waals surface area contributed by atoms with Crippen molar-refractivity contribution >= 4 is 34.8 Å². The maximum atomic E-state index is 14.2. The van der Waals surface area contributed by atoms with Gasteiger partial charge in [0.05, 0.1) is 12.7 Å². The summed E-state index contributed by atoms with van der Waals surface area (Å²) < 4.78 is 16.7. The summed E-state index contributed by atoms with van der Waals surface area (Å²) >= 11 is 1.41. The summed E-state index contributed by atoms with van der Waals surface area (Å²) in [6.45, 7) is 0.00793. The molecule has 8 nitrogen and oxygen atoms in total. The zero-order valence-electron chi connectivity index (χ0n) is 21.1. The van der Waals surface area contributed by atoms with E-state index in [1.54, 1.807) is 36.4 Å². The molecular weight excluding hydrogens is 504 g/mol. The maximum Gasteiger partial charge on any atom is 0.337 e. The fourth-order valence-electron chi connectivity index (χ4n) is 4.92. The first-order valence-corrected chi connectivity index (χ1v) is 13.7. The van der Waals surface area contributed by atoms with Gasteiger partial charge in [-0.25, -0.2) is 4.79 Å². The Labute approximate surface area is 225 Å². The lowest BCUT2D eigenvalue weighted by molar-refractivity contribution is -0.132. The minimum atomic E-state index is -0.963. The van der Waals surface area contributed by atoms with E-state index in [0.717, 1.165) is 30.6 Å². The van der Waals surface area contributed by atoms with Gasteiger partial charge < -0.3 is 19.5 Å². The Bertz CT molecular complexity index is 1270. The molecule has 1 N–H and O–H groups in total. The molecule has 3 aromatic rings. The molecule has 1 saturated carbocycles. The number of carbonyl (C=O) groups is 3. The summed E-state index contributed by atoms with van der Waals surface area (Å²) in [5.41, 5.74) is 0.802. The maximum absolute atomic E-state index is 14.2. The third-order valence-electron chi connectivity index (χ3n) is 6.86. The number of amides is 2. The van der Waals surface area contributed by atoms with Gasteiger partial charge >= 0.3 is 5.97 Å². The minimum absolute atomic E-state index is 0.00793. The molecule has 9 heteroatoms. The van der Waals surface area contributed by atoms with Crippen molar-refractivity contribution in [1.82, 2.24) is 5.32 Å². The second-order valence-corrected chi connectivity index (χ2v) is 10.4. The number of rotatable bonds is 7. The Morgan fingerprint density at radius 3 is 2.39 bits per heavy atom. The van der Waals surface area contributed by atoms with Crippen molar-refractivity contribution in [3.63, 3.8) is 0 Å². The number of thiophene rings is 1. The molecule has 2 aliphatic rings. The van der Waals surface area contributed by atoms with Crippen molar-refractivity contribution in [1.29, 1.82) is 0 Å². The number of ether oxygens (including phenoxy) is 3.